The second-order valence-corrected chi connectivity index (χ2v) is 5.80. The van der Waals surface area contributed by atoms with Gasteiger partial charge in [0.05, 0.1) is 6.61 Å². The normalized spacial score (nSPS) is 23.7. The van der Waals surface area contributed by atoms with E-state index in [4.69, 9.17) is 9.78 Å². The van der Waals surface area contributed by atoms with Gasteiger partial charge in [-0.2, -0.15) is 4.89 Å². The maximum absolute atomic E-state index is 5.54. The minimum Gasteiger partial charge on any atom is -0.337 e. The van der Waals surface area contributed by atoms with Crippen LogP contribution in [-0.4, -0.2) is 6.61 Å². The van der Waals surface area contributed by atoms with E-state index in [1.807, 2.05) is 0 Å². The van der Waals surface area contributed by atoms with E-state index < -0.39 is 0 Å². The summed E-state index contributed by atoms with van der Waals surface area (Å²) < 4.78 is 0. The minimum absolute atomic E-state index is 0.688. The van der Waals surface area contributed by atoms with Crippen molar-refractivity contribution >= 4 is 0 Å². The molecule has 0 aliphatic heterocycles. The molecule has 0 heterocycles. The van der Waals surface area contributed by atoms with Gasteiger partial charge in [0.2, 0.25) is 0 Å². The maximum atomic E-state index is 5.54. The van der Waals surface area contributed by atoms with Crippen LogP contribution in [0.4, 0.5) is 0 Å². The van der Waals surface area contributed by atoms with E-state index in [1.165, 1.54) is 17.5 Å². The van der Waals surface area contributed by atoms with Gasteiger partial charge in [0, 0.05) is 5.56 Å². The minimum atomic E-state index is 0.688. The number of benzene rings is 1. The fourth-order valence-electron chi connectivity index (χ4n) is 3.20. The van der Waals surface area contributed by atoms with Gasteiger partial charge in [0.15, 0.2) is 5.75 Å². The largest absolute Gasteiger partial charge is 0.337 e. The first kappa shape index (κ1) is 12.0. The van der Waals surface area contributed by atoms with Crippen molar-refractivity contribution in [3.05, 3.63) is 28.3 Å². The summed E-state index contributed by atoms with van der Waals surface area (Å²) in [6.07, 6.45) is 4.59. The molecular formula is C16H22O2. The molecule has 0 saturated heterocycles. The molecule has 2 aliphatic carbocycles. The number of hydrogen-bond acceptors (Lipinski definition) is 2. The van der Waals surface area contributed by atoms with Gasteiger partial charge in [-0.25, -0.2) is 0 Å². The molecule has 0 saturated carbocycles. The van der Waals surface area contributed by atoms with Crippen LogP contribution < -0.4 is 4.89 Å². The molecular weight excluding hydrogens is 224 g/mol. The van der Waals surface area contributed by atoms with E-state index in [9.17, 15) is 0 Å². The Morgan fingerprint density at radius 2 is 1.94 bits per heavy atom. The zero-order chi connectivity index (χ0) is 12.7. The van der Waals surface area contributed by atoms with Crippen molar-refractivity contribution < 1.29 is 9.78 Å². The Hall–Kier alpha value is -1.02. The summed E-state index contributed by atoms with van der Waals surface area (Å²) in [5.41, 5.74) is 6.02. The molecule has 0 amide bonds. The van der Waals surface area contributed by atoms with Crippen molar-refractivity contribution in [2.45, 2.75) is 58.3 Å². The Balaban J connectivity index is 1.79. The number of hydrogen-bond donors (Lipinski definition) is 0. The van der Waals surface area contributed by atoms with Crippen molar-refractivity contribution in [2.75, 3.05) is 6.61 Å². The molecule has 0 aromatic heterocycles. The number of fused-ring (bicyclic) bond motifs is 3. The molecule has 0 spiro atoms. The predicted octanol–water partition coefficient (Wildman–Crippen LogP) is 4.12. The molecule has 2 nitrogen and oxygen atoms in total. The lowest BCUT2D eigenvalue weighted by molar-refractivity contribution is -0.208. The van der Waals surface area contributed by atoms with E-state index in [2.05, 4.69) is 26.8 Å². The van der Waals surface area contributed by atoms with Crippen molar-refractivity contribution in [1.29, 1.82) is 0 Å². The molecule has 3 rings (SSSR count). The Morgan fingerprint density at radius 1 is 1.17 bits per heavy atom. The van der Waals surface area contributed by atoms with Crippen molar-refractivity contribution in [1.82, 2.24) is 0 Å². The van der Waals surface area contributed by atoms with Crippen LogP contribution in [0.2, 0.25) is 0 Å². The van der Waals surface area contributed by atoms with Gasteiger partial charge < -0.3 is 4.89 Å². The van der Waals surface area contributed by atoms with Crippen LogP contribution in [0.5, 0.6) is 5.75 Å². The highest BCUT2D eigenvalue weighted by Gasteiger charge is 2.36. The summed E-state index contributed by atoms with van der Waals surface area (Å²) in [5, 5.41) is 0. The number of unbranched alkanes of at least 4 members (excludes halogenated alkanes) is 1. The highest BCUT2D eigenvalue weighted by atomic mass is 17.2. The topological polar surface area (TPSA) is 18.5 Å². The molecule has 0 fully saturated rings. The van der Waals surface area contributed by atoms with E-state index >= 15 is 0 Å². The third-order valence-electron chi connectivity index (χ3n) is 4.36. The monoisotopic (exact) mass is 246 g/mol. The zero-order valence-corrected chi connectivity index (χ0v) is 11.6. The fraction of sp³-hybridized carbons (Fsp3) is 0.625. The highest BCUT2D eigenvalue weighted by Crippen LogP contribution is 2.51. The molecule has 18 heavy (non-hydrogen) atoms. The SMILES string of the molecule is CCCCOOc1cc2c(c3c1CC3C)CC2C. The molecule has 0 N–H and O–H groups in total. The van der Waals surface area contributed by atoms with Gasteiger partial charge >= 0.3 is 0 Å². The summed E-state index contributed by atoms with van der Waals surface area (Å²) in [5.74, 6) is 2.38. The summed E-state index contributed by atoms with van der Waals surface area (Å²) in [4.78, 5) is 10.9. The third-order valence-corrected chi connectivity index (χ3v) is 4.36. The molecule has 2 unspecified atom stereocenters. The molecule has 2 atom stereocenters. The second kappa shape index (κ2) is 4.58. The van der Waals surface area contributed by atoms with Crippen LogP contribution in [-0.2, 0) is 17.7 Å². The highest BCUT2D eigenvalue weighted by molar-refractivity contribution is 5.61. The third kappa shape index (κ3) is 1.74. The Kier molecular flexibility index (Phi) is 3.06. The summed E-state index contributed by atoms with van der Waals surface area (Å²) in [7, 11) is 0. The van der Waals surface area contributed by atoms with Crippen LogP contribution in [0, 0.1) is 0 Å². The van der Waals surface area contributed by atoms with Crippen LogP contribution in [0.25, 0.3) is 0 Å². The second-order valence-electron chi connectivity index (χ2n) is 5.80. The zero-order valence-electron chi connectivity index (χ0n) is 11.6. The van der Waals surface area contributed by atoms with Gasteiger partial charge in [-0.05, 0) is 53.9 Å². The van der Waals surface area contributed by atoms with E-state index in [-0.39, 0.29) is 0 Å². The summed E-state index contributed by atoms with van der Waals surface area (Å²) in [6.45, 7) is 7.45. The Bertz CT molecular complexity index is 465. The lowest BCUT2D eigenvalue weighted by Gasteiger charge is -2.39. The smallest absolute Gasteiger partial charge is 0.169 e. The fourth-order valence-corrected chi connectivity index (χ4v) is 3.20. The lowest BCUT2D eigenvalue weighted by atomic mass is 9.66. The first-order chi connectivity index (χ1) is 8.72. The van der Waals surface area contributed by atoms with E-state index in [0.29, 0.717) is 18.4 Å². The molecule has 1 aromatic carbocycles. The first-order valence-electron chi connectivity index (χ1n) is 7.20. The van der Waals surface area contributed by atoms with Crippen molar-refractivity contribution in [2.24, 2.45) is 0 Å². The van der Waals surface area contributed by atoms with Gasteiger partial charge in [0.1, 0.15) is 0 Å². The van der Waals surface area contributed by atoms with Gasteiger partial charge in [-0.1, -0.05) is 27.2 Å². The van der Waals surface area contributed by atoms with Gasteiger partial charge in [0.25, 0.3) is 0 Å². The Labute approximate surface area is 109 Å². The quantitative estimate of drug-likeness (QED) is 0.442. The van der Waals surface area contributed by atoms with Gasteiger partial charge in [-0.15, -0.1) is 0 Å². The Morgan fingerprint density at radius 3 is 2.61 bits per heavy atom. The predicted molar refractivity (Wildman–Crippen MR) is 72.2 cm³/mol. The molecule has 2 aliphatic rings. The average Bonchev–Trinajstić information content (AvgIpc) is 2.34. The summed E-state index contributed by atoms with van der Waals surface area (Å²) in [6, 6.07) is 2.21. The summed E-state index contributed by atoms with van der Waals surface area (Å²) >= 11 is 0. The van der Waals surface area contributed by atoms with Gasteiger partial charge in [-0.3, -0.25) is 0 Å². The molecule has 1 aromatic rings. The van der Waals surface area contributed by atoms with Crippen LogP contribution in [0.3, 0.4) is 0 Å². The average molecular weight is 246 g/mol. The molecule has 0 radical (unpaired) electrons. The molecule has 98 valence electrons. The van der Waals surface area contributed by atoms with E-state index in [0.717, 1.165) is 25.0 Å². The van der Waals surface area contributed by atoms with Crippen molar-refractivity contribution in [3.8, 4) is 5.75 Å². The number of rotatable bonds is 5. The van der Waals surface area contributed by atoms with Crippen LogP contribution in [0.15, 0.2) is 6.07 Å². The molecule has 2 heteroatoms. The lowest BCUT2D eigenvalue weighted by Crippen LogP contribution is -2.26. The maximum Gasteiger partial charge on any atom is 0.169 e. The van der Waals surface area contributed by atoms with Crippen LogP contribution >= 0.6 is 0 Å². The molecule has 0 bridgehead atoms. The standard InChI is InChI=1S/C16H22O2/c1-4-5-6-17-18-15-9-12-10(2)7-13(12)16-11(3)8-14(15)16/h9-11H,4-8H2,1-3H3. The van der Waals surface area contributed by atoms with E-state index in [1.54, 1.807) is 11.1 Å². The van der Waals surface area contributed by atoms with Crippen LogP contribution in [0.1, 0.15) is 67.7 Å². The van der Waals surface area contributed by atoms with Crippen molar-refractivity contribution in [3.63, 3.8) is 0 Å². The first-order valence-corrected chi connectivity index (χ1v) is 7.20.